The van der Waals surface area contributed by atoms with E-state index in [4.69, 9.17) is 4.74 Å². The highest BCUT2D eigenvalue weighted by molar-refractivity contribution is 5.69. The largest absolute Gasteiger partial charge is 0.444 e. The first-order chi connectivity index (χ1) is 20.0. The molecule has 2 atom stereocenters. The van der Waals surface area contributed by atoms with Crippen LogP contribution >= 0.6 is 0 Å². The van der Waals surface area contributed by atoms with Crippen molar-refractivity contribution in [1.29, 1.82) is 0 Å². The molecule has 3 aromatic rings. The summed E-state index contributed by atoms with van der Waals surface area (Å²) in [5.41, 5.74) is 1.38. The third kappa shape index (κ3) is 6.74. The summed E-state index contributed by atoms with van der Waals surface area (Å²) in [6, 6.07) is 3.68. The van der Waals surface area contributed by atoms with E-state index in [2.05, 4.69) is 25.2 Å². The number of ether oxygens (including phenoxy) is 1. The predicted octanol–water partition coefficient (Wildman–Crippen LogP) is 4.04. The Labute approximate surface area is 247 Å². The topological polar surface area (TPSA) is 115 Å². The van der Waals surface area contributed by atoms with Gasteiger partial charge in [0.15, 0.2) is 0 Å². The predicted molar refractivity (Wildman–Crippen MR) is 162 cm³/mol. The average molecular weight is 578 g/mol. The summed E-state index contributed by atoms with van der Waals surface area (Å²) < 4.78 is 9.09. The molecule has 0 radical (unpaired) electrons. The van der Waals surface area contributed by atoms with Crippen molar-refractivity contribution in [1.82, 2.24) is 34.4 Å². The summed E-state index contributed by atoms with van der Waals surface area (Å²) in [4.78, 5) is 41.4. The van der Waals surface area contributed by atoms with E-state index in [1.54, 1.807) is 40.1 Å². The Morgan fingerprint density at radius 3 is 2.60 bits per heavy atom. The highest BCUT2D eigenvalue weighted by Gasteiger charge is 2.34. The smallest absolute Gasteiger partial charge is 0.410 e. The van der Waals surface area contributed by atoms with E-state index < -0.39 is 11.8 Å². The lowest BCUT2D eigenvalue weighted by atomic mass is 9.84. The van der Waals surface area contributed by atoms with Crippen molar-refractivity contribution in [3.05, 3.63) is 47.3 Å². The van der Waals surface area contributed by atoms with Crippen molar-refractivity contribution >= 4 is 17.6 Å². The normalized spacial score (nSPS) is 18.3. The third-order valence-corrected chi connectivity index (χ3v) is 8.08. The molecule has 3 aromatic heterocycles. The van der Waals surface area contributed by atoms with Gasteiger partial charge in [0.25, 0.3) is 5.56 Å². The maximum atomic E-state index is 13.3. The van der Waals surface area contributed by atoms with E-state index in [0.717, 1.165) is 50.3 Å². The summed E-state index contributed by atoms with van der Waals surface area (Å²) in [6.45, 7) is 9.87. The van der Waals surface area contributed by atoms with Crippen LogP contribution < -0.4 is 15.4 Å². The molecule has 0 N–H and O–H groups in total. The molecule has 1 amide bonds. The van der Waals surface area contributed by atoms with E-state index in [1.807, 2.05) is 57.7 Å². The lowest BCUT2D eigenvalue weighted by Crippen LogP contribution is -2.53. The number of anilines is 2. The molecule has 1 saturated heterocycles. The van der Waals surface area contributed by atoms with Crippen molar-refractivity contribution in [2.24, 2.45) is 5.92 Å². The summed E-state index contributed by atoms with van der Waals surface area (Å²) in [7, 11) is 3.80. The van der Waals surface area contributed by atoms with Gasteiger partial charge in [-0.2, -0.15) is 0 Å². The maximum Gasteiger partial charge on any atom is 0.410 e. The standard InChI is InChI=1S/C30H43N9O3/c1-21(39-20-26(33-34-39)25-16-31-17-27(32-25)35(5)6)37-14-12-23(15-28(37)40)36-13-8-11-24(19-36)38(18-22-9-7-10-22)29(41)42-30(2,3)4/h12,14-17,20-22,24H,7-11,13,18-19H2,1-6H3/t21?,24-/m1/s1. The molecule has 42 heavy (non-hydrogen) atoms. The Balaban J connectivity index is 1.30. The average Bonchev–Trinajstić information content (AvgIpc) is 3.42. The van der Waals surface area contributed by atoms with Crippen molar-refractivity contribution in [3.8, 4) is 11.4 Å². The molecule has 1 aliphatic heterocycles. The number of carbonyl (C=O) groups excluding carboxylic acids is 1. The van der Waals surface area contributed by atoms with Gasteiger partial charge in [-0.15, -0.1) is 5.10 Å². The van der Waals surface area contributed by atoms with Crippen LogP contribution in [-0.4, -0.2) is 85.9 Å². The van der Waals surface area contributed by atoms with E-state index in [9.17, 15) is 9.59 Å². The van der Waals surface area contributed by atoms with Gasteiger partial charge < -0.3 is 19.4 Å². The number of hydrogen-bond acceptors (Lipinski definition) is 9. The number of amides is 1. The van der Waals surface area contributed by atoms with Gasteiger partial charge in [0.05, 0.1) is 24.6 Å². The molecule has 1 aliphatic carbocycles. The summed E-state index contributed by atoms with van der Waals surface area (Å²) in [6.07, 6.45) is 11.7. The molecule has 0 bridgehead atoms. The first-order valence-electron chi connectivity index (χ1n) is 14.9. The fourth-order valence-corrected chi connectivity index (χ4v) is 5.47. The number of pyridine rings is 1. The van der Waals surface area contributed by atoms with Gasteiger partial charge in [0.2, 0.25) is 0 Å². The molecule has 0 aromatic carbocycles. The minimum atomic E-state index is -0.543. The highest BCUT2D eigenvalue weighted by Crippen LogP contribution is 2.31. The Hall–Kier alpha value is -3.96. The third-order valence-electron chi connectivity index (χ3n) is 8.08. The molecule has 1 unspecified atom stereocenters. The monoisotopic (exact) mass is 577 g/mol. The first-order valence-corrected chi connectivity index (χ1v) is 14.9. The minimum absolute atomic E-state index is 0.0400. The zero-order chi connectivity index (χ0) is 30.0. The van der Waals surface area contributed by atoms with Gasteiger partial charge in [-0.25, -0.2) is 14.5 Å². The lowest BCUT2D eigenvalue weighted by Gasteiger charge is -2.43. The Kier molecular flexibility index (Phi) is 8.51. The summed E-state index contributed by atoms with van der Waals surface area (Å²) in [5.74, 6) is 1.26. The quantitative estimate of drug-likeness (QED) is 0.391. The zero-order valence-corrected chi connectivity index (χ0v) is 25.6. The van der Waals surface area contributed by atoms with Gasteiger partial charge in [-0.3, -0.25) is 14.3 Å². The number of piperidine rings is 1. The van der Waals surface area contributed by atoms with Crippen LogP contribution in [0.1, 0.15) is 66.0 Å². The van der Waals surface area contributed by atoms with Crippen LogP contribution in [0.5, 0.6) is 0 Å². The molecular weight excluding hydrogens is 534 g/mol. The highest BCUT2D eigenvalue weighted by atomic mass is 16.6. The first kappa shape index (κ1) is 29.5. The van der Waals surface area contributed by atoms with Crippen molar-refractivity contribution < 1.29 is 9.53 Å². The second kappa shape index (κ2) is 12.1. The van der Waals surface area contributed by atoms with Crippen LogP contribution in [-0.2, 0) is 4.74 Å². The fraction of sp³-hybridized carbons (Fsp3) is 0.600. The Morgan fingerprint density at radius 2 is 1.93 bits per heavy atom. The van der Waals surface area contributed by atoms with Crippen LogP contribution in [0.4, 0.5) is 16.3 Å². The molecule has 2 fully saturated rings. The van der Waals surface area contributed by atoms with Crippen LogP contribution in [0.15, 0.2) is 41.7 Å². The van der Waals surface area contributed by atoms with Crippen LogP contribution in [0.3, 0.4) is 0 Å². The summed E-state index contributed by atoms with van der Waals surface area (Å²) in [5, 5.41) is 8.54. The number of rotatable bonds is 8. The maximum absolute atomic E-state index is 13.3. The zero-order valence-electron chi connectivity index (χ0n) is 25.6. The number of hydrogen-bond donors (Lipinski definition) is 0. The SMILES string of the molecule is CC(n1cc(-c2cncc(N(C)C)n2)nn1)n1ccc(N2CCC[C@@H](N(CC3CCC3)C(=O)OC(C)(C)C)C2)cc1=O. The van der Waals surface area contributed by atoms with E-state index in [0.29, 0.717) is 23.9 Å². The van der Waals surface area contributed by atoms with Gasteiger partial charge in [-0.05, 0) is 65.4 Å². The minimum Gasteiger partial charge on any atom is -0.444 e. The van der Waals surface area contributed by atoms with Gasteiger partial charge in [0, 0.05) is 51.7 Å². The second-order valence-corrected chi connectivity index (χ2v) is 12.7. The number of carbonyl (C=O) groups is 1. The van der Waals surface area contributed by atoms with E-state index in [1.165, 1.54) is 6.42 Å². The van der Waals surface area contributed by atoms with Gasteiger partial charge in [0.1, 0.15) is 29.0 Å². The molecule has 4 heterocycles. The van der Waals surface area contributed by atoms with Gasteiger partial charge >= 0.3 is 6.09 Å². The van der Waals surface area contributed by atoms with E-state index in [-0.39, 0.29) is 17.7 Å². The van der Waals surface area contributed by atoms with Crippen LogP contribution in [0.25, 0.3) is 11.4 Å². The molecule has 12 heteroatoms. The molecule has 0 spiro atoms. The fourth-order valence-electron chi connectivity index (χ4n) is 5.47. The van der Waals surface area contributed by atoms with Crippen molar-refractivity contribution in [2.75, 3.05) is 43.5 Å². The molecule has 2 aliphatic rings. The molecular formula is C30H43N9O3. The number of nitrogens with zero attached hydrogens (tertiary/aromatic N) is 9. The second-order valence-electron chi connectivity index (χ2n) is 12.7. The Morgan fingerprint density at radius 1 is 1.14 bits per heavy atom. The molecule has 1 saturated carbocycles. The van der Waals surface area contributed by atoms with Gasteiger partial charge in [-0.1, -0.05) is 11.6 Å². The van der Waals surface area contributed by atoms with Crippen LogP contribution in [0, 0.1) is 5.92 Å². The summed E-state index contributed by atoms with van der Waals surface area (Å²) >= 11 is 0. The van der Waals surface area contributed by atoms with Crippen LogP contribution in [0.2, 0.25) is 0 Å². The van der Waals surface area contributed by atoms with E-state index >= 15 is 0 Å². The lowest BCUT2D eigenvalue weighted by molar-refractivity contribution is 0.00736. The van der Waals surface area contributed by atoms with Crippen molar-refractivity contribution in [2.45, 2.75) is 77.6 Å². The number of aromatic nitrogens is 6. The molecule has 226 valence electrons. The molecule has 12 nitrogen and oxygen atoms in total. The molecule has 5 rings (SSSR count). The van der Waals surface area contributed by atoms with Crippen molar-refractivity contribution in [3.63, 3.8) is 0 Å². The Bertz CT molecular complexity index is 1440.